The molecule has 0 unspecified atom stereocenters. The van der Waals surface area contributed by atoms with Crippen LogP contribution in [0.25, 0.3) is 0 Å². The highest BCUT2D eigenvalue weighted by molar-refractivity contribution is 6.28. The highest BCUT2D eigenvalue weighted by atomic mass is 35.5. The zero-order valence-electron chi connectivity index (χ0n) is 9.46. The third-order valence-corrected chi connectivity index (χ3v) is 3.95. The average molecular weight is 228 g/mol. The van der Waals surface area contributed by atoms with E-state index in [1.54, 1.807) is 0 Å². The lowest BCUT2D eigenvalue weighted by atomic mass is 9.79. The van der Waals surface area contributed by atoms with E-state index in [1.807, 2.05) is 6.92 Å². The van der Waals surface area contributed by atoms with Crippen LogP contribution in [-0.2, 0) is 5.54 Å². The summed E-state index contributed by atoms with van der Waals surface area (Å²) >= 11 is 6.14. The lowest BCUT2D eigenvalue weighted by Gasteiger charge is -2.38. The van der Waals surface area contributed by atoms with E-state index in [1.165, 1.54) is 32.1 Å². The number of rotatable bonds is 2. The van der Waals surface area contributed by atoms with Crippen LogP contribution in [0, 0.1) is 6.92 Å². The molecule has 0 N–H and O–H groups in total. The van der Waals surface area contributed by atoms with Crippen molar-refractivity contribution >= 4 is 11.6 Å². The summed E-state index contributed by atoms with van der Waals surface area (Å²) in [6, 6.07) is 0. The van der Waals surface area contributed by atoms with Crippen LogP contribution in [0.3, 0.4) is 0 Å². The van der Waals surface area contributed by atoms with Crippen molar-refractivity contribution in [3.63, 3.8) is 0 Å². The number of aromatic nitrogens is 3. The first-order valence-corrected chi connectivity index (χ1v) is 6.15. The number of aryl methyl sites for hydroxylation is 1. The predicted molar refractivity (Wildman–Crippen MR) is 61.1 cm³/mol. The maximum absolute atomic E-state index is 6.14. The standard InChI is InChI=1S/C11H18ClN3/c1-3-11(7-5-4-6-8-11)15-9(2)13-14-10(15)12/h3-8H2,1-2H3. The molecule has 0 saturated heterocycles. The van der Waals surface area contributed by atoms with Gasteiger partial charge in [-0.15, -0.1) is 10.2 Å². The summed E-state index contributed by atoms with van der Waals surface area (Å²) in [7, 11) is 0. The lowest BCUT2D eigenvalue weighted by Crippen LogP contribution is -2.36. The van der Waals surface area contributed by atoms with Crippen molar-refractivity contribution < 1.29 is 0 Å². The molecule has 0 amide bonds. The number of hydrogen-bond acceptors (Lipinski definition) is 2. The normalized spacial score (nSPS) is 20.5. The second kappa shape index (κ2) is 4.12. The van der Waals surface area contributed by atoms with Crippen molar-refractivity contribution in [2.45, 2.75) is 57.9 Å². The van der Waals surface area contributed by atoms with Crippen LogP contribution in [0.4, 0.5) is 0 Å². The minimum atomic E-state index is 0.183. The zero-order valence-corrected chi connectivity index (χ0v) is 10.2. The summed E-state index contributed by atoms with van der Waals surface area (Å²) < 4.78 is 2.15. The molecule has 0 bridgehead atoms. The second-order valence-electron chi connectivity index (χ2n) is 4.49. The molecular weight excluding hydrogens is 210 g/mol. The molecule has 4 heteroatoms. The largest absolute Gasteiger partial charge is 0.296 e. The van der Waals surface area contributed by atoms with Gasteiger partial charge in [-0.3, -0.25) is 4.57 Å². The van der Waals surface area contributed by atoms with Crippen molar-refractivity contribution in [2.75, 3.05) is 0 Å². The van der Waals surface area contributed by atoms with Gasteiger partial charge in [-0.25, -0.2) is 0 Å². The Labute approximate surface area is 95.8 Å². The van der Waals surface area contributed by atoms with Gasteiger partial charge >= 0.3 is 0 Å². The van der Waals surface area contributed by atoms with Gasteiger partial charge in [0.2, 0.25) is 5.28 Å². The van der Waals surface area contributed by atoms with Gasteiger partial charge < -0.3 is 0 Å². The van der Waals surface area contributed by atoms with E-state index in [0.717, 1.165) is 12.2 Å². The molecule has 1 aliphatic carbocycles. The fourth-order valence-electron chi connectivity index (χ4n) is 2.82. The molecule has 1 aromatic rings. The van der Waals surface area contributed by atoms with E-state index < -0.39 is 0 Å². The summed E-state index contributed by atoms with van der Waals surface area (Å²) in [4.78, 5) is 0. The van der Waals surface area contributed by atoms with E-state index in [9.17, 15) is 0 Å². The molecule has 1 aromatic heterocycles. The van der Waals surface area contributed by atoms with Crippen LogP contribution in [0.2, 0.25) is 5.28 Å². The fourth-order valence-corrected chi connectivity index (χ4v) is 3.16. The third-order valence-electron chi connectivity index (χ3n) is 3.70. The number of halogens is 1. The van der Waals surface area contributed by atoms with Gasteiger partial charge in [0.15, 0.2) is 0 Å². The molecule has 0 aromatic carbocycles. The van der Waals surface area contributed by atoms with Gasteiger partial charge in [-0.05, 0) is 37.8 Å². The van der Waals surface area contributed by atoms with Gasteiger partial charge in [0.1, 0.15) is 5.82 Å². The molecule has 3 nitrogen and oxygen atoms in total. The fraction of sp³-hybridized carbons (Fsp3) is 0.818. The smallest absolute Gasteiger partial charge is 0.225 e. The molecule has 0 aliphatic heterocycles. The average Bonchev–Trinajstić information content (AvgIpc) is 2.60. The Morgan fingerprint density at radius 1 is 1.27 bits per heavy atom. The molecule has 0 atom stereocenters. The Kier molecular flexibility index (Phi) is 3.01. The quantitative estimate of drug-likeness (QED) is 0.776. The zero-order chi connectivity index (χ0) is 10.9. The molecule has 1 fully saturated rings. The Morgan fingerprint density at radius 2 is 1.93 bits per heavy atom. The van der Waals surface area contributed by atoms with Gasteiger partial charge in [0.05, 0.1) is 0 Å². The second-order valence-corrected chi connectivity index (χ2v) is 4.83. The lowest BCUT2D eigenvalue weighted by molar-refractivity contribution is 0.182. The van der Waals surface area contributed by atoms with Crippen LogP contribution >= 0.6 is 11.6 Å². The Morgan fingerprint density at radius 3 is 2.40 bits per heavy atom. The molecule has 0 spiro atoms. The van der Waals surface area contributed by atoms with Crippen molar-refractivity contribution in [1.29, 1.82) is 0 Å². The molecular formula is C11H18ClN3. The van der Waals surface area contributed by atoms with Crippen molar-refractivity contribution in [3.8, 4) is 0 Å². The highest BCUT2D eigenvalue weighted by Crippen LogP contribution is 2.39. The summed E-state index contributed by atoms with van der Waals surface area (Å²) in [5.41, 5.74) is 0.183. The van der Waals surface area contributed by atoms with Crippen molar-refractivity contribution in [2.24, 2.45) is 0 Å². The minimum Gasteiger partial charge on any atom is -0.296 e. The molecule has 1 saturated carbocycles. The molecule has 84 valence electrons. The number of nitrogens with zero attached hydrogens (tertiary/aromatic N) is 3. The molecule has 0 radical (unpaired) electrons. The summed E-state index contributed by atoms with van der Waals surface area (Å²) in [6.45, 7) is 4.23. The number of hydrogen-bond donors (Lipinski definition) is 0. The Bertz CT molecular complexity index is 320. The summed E-state index contributed by atoms with van der Waals surface area (Å²) in [5.74, 6) is 0.948. The van der Waals surface area contributed by atoms with E-state index in [4.69, 9.17) is 11.6 Å². The maximum atomic E-state index is 6.14. The Hall–Kier alpha value is -0.570. The Balaban J connectivity index is 2.40. The maximum Gasteiger partial charge on any atom is 0.225 e. The van der Waals surface area contributed by atoms with Crippen molar-refractivity contribution in [1.82, 2.24) is 14.8 Å². The van der Waals surface area contributed by atoms with Crippen molar-refractivity contribution in [3.05, 3.63) is 11.1 Å². The van der Waals surface area contributed by atoms with Gasteiger partial charge in [0.25, 0.3) is 0 Å². The van der Waals surface area contributed by atoms with Crippen LogP contribution in [-0.4, -0.2) is 14.8 Å². The van der Waals surface area contributed by atoms with Gasteiger partial charge in [-0.2, -0.15) is 0 Å². The molecule has 1 heterocycles. The van der Waals surface area contributed by atoms with E-state index in [2.05, 4.69) is 21.7 Å². The first-order chi connectivity index (χ1) is 7.19. The van der Waals surface area contributed by atoms with Crippen LogP contribution in [0.15, 0.2) is 0 Å². The van der Waals surface area contributed by atoms with Crippen LogP contribution in [0.5, 0.6) is 0 Å². The molecule has 15 heavy (non-hydrogen) atoms. The summed E-state index contributed by atoms with van der Waals surface area (Å²) in [5, 5.41) is 8.58. The van der Waals surface area contributed by atoms with E-state index in [-0.39, 0.29) is 5.54 Å². The SMILES string of the molecule is CCC1(n2c(C)nnc2Cl)CCCCC1. The first-order valence-electron chi connectivity index (χ1n) is 5.77. The third kappa shape index (κ3) is 1.78. The topological polar surface area (TPSA) is 30.7 Å². The first kappa shape index (κ1) is 10.9. The monoisotopic (exact) mass is 227 g/mol. The van der Waals surface area contributed by atoms with E-state index >= 15 is 0 Å². The van der Waals surface area contributed by atoms with Crippen LogP contribution < -0.4 is 0 Å². The highest BCUT2D eigenvalue weighted by Gasteiger charge is 2.34. The molecule has 2 rings (SSSR count). The van der Waals surface area contributed by atoms with E-state index in [0.29, 0.717) is 5.28 Å². The van der Waals surface area contributed by atoms with Gasteiger partial charge in [-0.1, -0.05) is 26.2 Å². The van der Waals surface area contributed by atoms with Crippen LogP contribution in [0.1, 0.15) is 51.3 Å². The molecule has 1 aliphatic rings. The van der Waals surface area contributed by atoms with Gasteiger partial charge in [0, 0.05) is 5.54 Å². The predicted octanol–water partition coefficient (Wildman–Crippen LogP) is 3.31. The minimum absolute atomic E-state index is 0.183. The summed E-state index contributed by atoms with van der Waals surface area (Å²) in [6.07, 6.45) is 7.47.